The van der Waals surface area contributed by atoms with Crippen LogP contribution in [-0.2, 0) is 14.3 Å². The summed E-state index contributed by atoms with van der Waals surface area (Å²) < 4.78 is 10.3. The molecular weight excluding hydrogens is 377 g/mol. The predicted octanol–water partition coefficient (Wildman–Crippen LogP) is 4.18. The van der Waals surface area contributed by atoms with Crippen LogP contribution in [0.15, 0.2) is 48.5 Å². The standard InChI is InChI=1S/C19H19Cl2NO4/c1-13(16-8-7-14(20)11-17(16)21)22-18(23)12-26-19(24)9-10-25-15-5-3-2-4-6-15/h2-8,11,13H,9-10,12H2,1H3,(H,22,23). The molecule has 2 aromatic rings. The molecule has 5 nitrogen and oxygen atoms in total. The SMILES string of the molecule is CC(NC(=O)COC(=O)CCOc1ccccc1)c1ccc(Cl)cc1Cl. The van der Waals surface area contributed by atoms with Crippen LogP contribution in [0.1, 0.15) is 24.9 Å². The van der Waals surface area contributed by atoms with Crippen LogP contribution in [0.25, 0.3) is 0 Å². The fourth-order valence-electron chi connectivity index (χ4n) is 2.20. The highest BCUT2D eigenvalue weighted by atomic mass is 35.5. The van der Waals surface area contributed by atoms with E-state index in [0.717, 1.165) is 5.56 Å². The van der Waals surface area contributed by atoms with E-state index in [1.807, 2.05) is 18.2 Å². The van der Waals surface area contributed by atoms with Gasteiger partial charge >= 0.3 is 5.97 Å². The third kappa shape index (κ3) is 6.58. The molecule has 0 aliphatic heterocycles. The number of amides is 1. The maximum atomic E-state index is 11.9. The Hall–Kier alpha value is -2.24. The second kappa shape index (κ2) is 10.0. The number of benzene rings is 2. The number of esters is 1. The van der Waals surface area contributed by atoms with Crippen LogP contribution >= 0.6 is 23.2 Å². The number of carbonyl (C=O) groups is 2. The Labute approximate surface area is 162 Å². The monoisotopic (exact) mass is 395 g/mol. The van der Waals surface area contributed by atoms with Gasteiger partial charge in [0.1, 0.15) is 5.75 Å². The van der Waals surface area contributed by atoms with Gasteiger partial charge in [-0.2, -0.15) is 0 Å². The van der Waals surface area contributed by atoms with Crippen molar-refractivity contribution in [1.29, 1.82) is 0 Å². The average Bonchev–Trinajstić information content (AvgIpc) is 2.60. The zero-order chi connectivity index (χ0) is 18.9. The number of halogens is 2. The van der Waals surface area contributed by atoms with Gasteiger partial charge in [-0.3, -0.25) is 9.59 Å². The first kappa shape index (κ1) is 20.1. The van der Waals surface area contributed by atoms with E-state index in [9.17, 15) is 9.59 Å². The second-order valence-electron chi connectivity index (χ2n) is 5.53. The molecular formula is C19H19Cl2NO4. The molecule has 0 aliphatic carbocycles. The van der Waals surface area contributed by atoms with Crippen molar-refractivity contribution in [3.8, 4) is 5.75 Å². The summed E-state index contributed by atoms with van der Waals surface area (Å²) in [5, 5.41) is 3.70. The first-order valence-electron chi connectivity index (χ1n) is 8.03. The molecule has 0 fully saturated rings. The Morgan fingerprint density at radius 2 is 1.85 bits per heavy atom. The van der Waals surface area contributed by atoms with Crippen LogP contribution in [0.4, 0.5) is 0 Å². The Kier molecular flexibility index (Phi) is 7.75. The van der Waals surface area contributed by atoms with E-state index in [4.69, 9.17) is 32.7 Å². The Morgan fingerprint density at radius 1 is 1.12 bits per heavy atom. The maximum Gasteiger partial charge on any atom is 0.309 e. The van der Waals surface area contributed by atoms with Crippen molar-refractivity contribution in [2.24, 2.45) is 0 Å². The molecule has 0 saturated carbocycles. The van der Waals surface area contributed by atoms with Crippen LogP contribution in [0.2, 0.25) is 10.0 Å². The van der Waals surface area contributed by atoms with Crippen molar-refractivity contribution in [3.05, 3.63) is 64.1 Å². The summed E-state index contributed by atoms with van der Waals surface area (Å²) in [4.78, 5) is 23.6. The van der Waals surface area contributed by atoms with Crippen molar-refractivity contribution in [2.75, 3.05) is 13.2 Å². The number of ether oxygens (including phenoxy) is 2. The number of nitrogens with one attached hydrogen (secondary N) is 1. The molecule has 1 N–H and O–H groups in total. The summed E-state index contributed by atoms with van der Waals surface area (Å²) in [6.07, 6.45) is 0.0563. The molecule has 2 rings (SSSR count). The molecule has 7 heteroatoms. The van der Waals surface area contributed by atoms with Crippen LogP contribution in [0.3, 0.4) is 0 Å². The van der Waals surface area contributed by atoms with Crippen molar-refractivity contribution >= 4 is 35.1 Å². The fraction of sp³-hybridized carbons (Fsp3) is 0.263. The molecule has 1 atom stereocenters. The van der Waals surface area contributed by atoms with Gasteiger partial charge in [0.05, 0.1) is 19.1 Å². The van der Waals surface area contributed by atoms with E-state index in [0.29, 0.717) is 15.8 Å². The lowest BCUT2D eigenvalue weighted by molar-refractivity contribution is -0.149. The number of hydrogen-bond donors (Lipinski definition) is 1. The molecule has 26 heavy (non-hydrogen) atoms. The minimum atomic E-state index is -0.506. The second-order valence-corrected chi connectivity index (χ2v) is 6.37. The summed E-state index contributed by atoms with van der Waals surface area (Å²) in [5.74, 6) is -0.249. The Morgan fingerprint density at radius 3 is 2.54 bits per heavy atom. The van der Waals surface area contributed by atoms with Gasteiger partial charge in [-0.1, -0.05) is 47.5 Å². The summed E-state index contributed by atoms with van der Waals surface area (Å²) in [7, 11) is 0. The van der Waals surface area contributed by atoms with Gasteiger partial charge in [0.25, 0.3) is 5.91 Å². The van der Waals surface area contributed by atoms with E-state index < -0.39 is 11.9 Å². The molecule has 0 aliphatic rings. The molecule has 1 amide bonds. The molecule has 0 radical (unpaired) electrons. The number of rotatable bonds is 8. The summed E-state index contributed by atoms with van der Waals surface area (Å²) >= 11 is 12.0. The van der Waals surface area contributed by atoms with Gasteiger partial charge in [0.2, 0.25) is 0 Å². The number of para-hydroxylation sites is 1. The van der Waals surface area contributed by atoms with E-state index in [1.165, 1.54) is 0 Å². The quantitative estimate of drug-likeness (QED) is 0.680. The van der Waals surface area contributed by atoms with Crippen LogP contribution in [-0.4, -0.2) is 25.1 Å². The van der Waals surface area contributed by atoms with Gasteiger partial charge in [-0.15, -0.1) is 0 Å². The minimum Gasteiger partial charge on any atom is -0.493 e. The highest BCUT2D eigenvalue weighted by Gasteiger charge is 2.14. The number of hydrogen-bond acceptors (Lipinski definition) is 4. The average molecular weight is 396 g/mol. The van der Waals surface area contributed by atoms with Crippen molar-refractivity contribution in [2.45, 2.75) is 19.4 Å². The normalized spacial score (nSPS) is 11.5. The van der Waals surface area contributed by atoms with E-state index >= 15 is 0 Å². The van der Waals surface area contributed by atoms with E-state index in [-0.39, 0.29) is 25.7 Å². The third-order valence-electron chi connectivity index (χ3n) is 3.49. The molecule has 0 saturated heterocycles. The highest BCUT2D eigenvalue weighted by Crippen LogP contribution is 2.25. The lowest BCUT2D eigenvalue weighted by Crippen LogP contribution is -2.31. The zero-order valence-electron chi connectivity index (χ0n) is 14.2. The molecule has 0 heterocycles. The molecule has 2 aromatic carbocycles. The van der Waals surface area contributed by atoms with Gasteiger partial charge in [-0.05, 0) is 36.8 Å². The van der Waals surface area contributed by atoms with Crippen LogP contribution < -0.4 is 10.1 Å². The smallest absolute Gasteiger partial charge is 0.309 e. The fourth-order valence-corrected chi connectivity index (χ4v) is 2.77. The molecule has 0 aromatic heterocycles. The lowest BCUT2D eigenvalue weighted by Gasteiger charge is -2.16. The summed E-state index contributed by atoms with van der Waals surface area (Å²) in [5.41, 5.74) is 0.729. The van der Waals surface area contributed by atoms with E-state index in [2.05, 4.69) is 5.32 Å². The molecule has 0 bridgehead atoms. The Balaban J connectivity index is 1.69. The molecule has 1 unspecified atom stereocenters. The first-order chi connectivity index (χ1) is 12.5. The van der Waals surface area contributed by atoms with Crippen molar-refractivity contribution in [1.82, 2.24) is 5.32 Å². The third-order valence-corrected chi connectivity index (χ3v) is 4.05. The largest absolute Gasteiger partial charge is 0.493 e. The van der Waals surface area contributed by atoms with Crippen LogP contribution in [0.5, 0.6) is 5.75 Å². The molecule has 138 valence electrons. The summed E-state index contributed by atoms with van der Waals surface area (Å²) in [6.45, 7) is 1.60. The predicted molar refractivity (Wildman–Crippen MR) is 101 cm³/mol. The van der Waals surface area contributed by atoms with Gasteiger partial charge in [0, 0.05) is 10.0 Å². The number of carbonyl (C=O) groups excluding carboxylic acids is 2. The van der Waals surface area contributed by atoms with E-state index in [1.54, 1.807) is 37.3 Å². The van der Waals surface area contributed by atoms with Crippen molar-refractivity contribution < 1.29 is 19.1 Å². The van der Waals surface area contributed by atoms with Crippen LogP contribution in [0, 0.1) is 0 Å². The first-order valence-corrected chi connectivity index (χ1v) is 8.79. The lowest BCUT2D eigenvalue weighted by atomic mass is 10.1. The van der Waals surface area contributed by atoms with Gasteiger partial charge in [0.15, 0.2) is 6.61 Å². The Bertz CT molecular complexity index is 752. The minimum absolute atomic E-state index is 0.0563. The maximum absolute atomic E-state index is 11.9. The topological polar surface area (TPSA) is 64.6 Å². The summed E-state index contributed by atoms with van der Waals surface area (Å²) in [6, 6.07) is 13.8. The van der Waals surface area contributed by atoms with Gasteiger partial charge in [-0.25, -0.2) is 0 Å². The molecule has 0 spiro atoms. The van der Waals surface area contributed by atoms with Crippen molar-refractivity contribution in [3.63, 3.8) is 0 Å². The van der Waals surface area contributed by atoms with Gasteiger partial charge < -0.3 is 14.8 Å². The zero-order valence-corrected chi connectivity index (χ0v) is 15.7. The highest BCUT2D eigenvalue weighted by molar-refractivity contribution is 6.35.